The van der Waals surface area contributed by atoms with Crippen molar-refractivity contribution in [1.82, 2.24) is 0 Å². The number of hydrogen-bond acceptors (Lipinski definition) is 2. The number of halogens is 2. The summed E-state index contributed by atoms with van der Waals surface area (Å²) >= 11 is 0. The van der Waals surface area contributed by atoms with Gasteiger partial charge in [0.2, 0.25) is 0 Å². The summed E-state index contributed by atoms with van der Waals surface area (Å²) in [5, 5.41) is 0. The molecular weight excluding hydrogens is 212 g/mol. The highest BCUT2D eigenvalue weighted by Gasteiger charge is 2.15. The van der Waals surface area contributed by atoms with Crippen LogP contribution in [0.4, 0.5) is 8.78 Å². The molecule has 1 aromatic carbocycles. The normalized spacial score (nSPS) is 12.8. The van der Waals surface area contributed by atoms with Crippen molar-refractivity contribution < 1.29 is 13.5 Å². The lowest BCUT2D eigenvalue weighted by atomic mass is 10.0. The minimum Gasteiger partial charge on any atom is -0.381 e. The fraction of sp³-hybridized carbons (Fsp3) is 0.500. The Bertz CT molecular complexity index is 311. The molecule has 1 aromatic rings. The molecule has 0 heterocycles. The summed E-state index contributed by atoms with van der Waals surface area (Å²) in [5.41, 5.74) is 5.67. The van der Waals surface area contributed by atoms with E-state index >= 15 is 0 Å². The van der Waals surface area contributed by atoms with Crippen LogP contribution >= 0.6 is 0 Å². The van der Waals surface area contributed by atoms with Crippen molar-refractivity contribution in [2.24, 2.45) is 5.73 Å². The van der Waals surface area contributed by atoms with Gasteiger partial charge in [0, 0.05) is 24.8 Å². The Morgan fingerprint density at radius 2 is 1.88 bits per heavy atom. The number of ether oxygens (including phenoxy) is 1. The van der Waals surface area contributed by atoms with Gasteiger partial charge in [0.25, 0.3) is 0 Å². The van der Waals surface area contributed by atoms with E-state index in [9.17, 15) is 8.78 Å². The molecule has 1 unspecified atom stereocenters. The van der Waals surface area contributed by atoms with Gasteiger partial charge in [-0.1, -0.05) is 13.0 Å². The molecule has 0 amide bonds. The fourth-order valence-electron chi connectivity index (χ4n) is 1.47. The van der Waals surface area contributed by atoms with E-state index < -0.39 is 17.7 Å². The Kier molecular flexibility index (Phi) is 5.35. The Morgan fingerprint density at radius 3 is 2.44 bits per heavy atom. The summed E-state index contributed by atoms with van der Waals surface area (Å²) in [6, 6.07) is 3.10. The summed E-state index contributed by atoms with van der Waals surface area (Å²) in [4.78, 5) is 0. The largest absolute Gasteiger partial charge is 0.381 e. The molecule has 0 radical (unpaired) electrons. The Morgan fingerprint density at radius 1 is 1.25 bits per heavy atom. The summed E-state index contributed by atoms with van der Waals surface area (Å²) in [6.45, 7) is 3.06. The van der Waals surface area contributed by atoms with Crippen LogP contribution in [-0.4, -0.2) is 13.2 Å². The number of benzene rings is 1. The van der Waals surface area contributed by atoms with Crippen molar-refractivity contribution in [3.63, 3.8) is 0 Å². The second-order valence-corrected chi connectivity index (χ2v) is 3.64. The maximum atomic E-state index is 13.3. The van der Waals surface area contributed by atoms with Crippen LogP contribution in [0.5, 0.6) is 0 Å². The fourth-order valence-corrected chi connectivity index (χ4v) is 1.47. The van der Waals surface area contributed by atoms with Gasteiger partial charge in [-0.15, -0.1) is 0 Å². The lowest BCUT2D eigenvalue weighted by Gasteiger charge is -2.13. The first-order chi connectivity index (χ1) is 7.66. The highest BCUT2D eigenvalue weighted by atomic mass is 19.1. The summed E-state index contributed by atoms with van der Waals surface area (Å²) in [6.07, 6.45) is 1.33. The highest BCUT2D eigenvalue weighted by molar-refractivity contribution is 5.22. The highest BCUT2D eigenvalue weighted by Crippen LogP contribution is 2.21. The molecule has 4 heteroatoms. The van der Waals surface area contributed by atoms with E-state index in [1.165, 1.54) is 18.2 Å². The van der Waals surface area contributed by atoms with Crippen molar-refractivity contribution in [1.29, 1.82) is 0 Å². The predicted octanol–water partition coefficient (Wildman–Crippen LogP) is 2.78. The van der Waals surface area contributed by atoms with Gasteiger partial charge in [-0.25, -0.2) is 8.78 Å². The first-order valence-corrected chi connectivity index (χ1v) is 5.44. The topological polar surface area (TPSA) is 35.2 Å². The van der Waals surface area contributed by atoms with Gasteiger partial charge in [0.15, 0.2) is 0 Å². The van der Waals surface area contributed by atoms with E-state index in [-0.39, 0.29) is 5.56 Å². The first kappa shape index (κ1) is 13.1. The van der Waals surface area contributed by atoms with Gasteiger partial charge in [0.05, 0.1) is 0 Å². The average molecular weight is 229 g/mol. The molecule has 0 aliphatic rings. The molecule has 0 saturated heterocycles. The monoisotopic (exact) mass is 229 g/mol. The summed E-state index contributed by atoms with van der Waals surface area (Å²) < 4.78 is 31.9. The summed E-state index contributed by atoms with van der Waals surface area (Å²) in [5.74, 6) is -1.19. The first-order valence-electron chi connectivity index (χ1n) is 5.44. The van der Waals surface area contributed by atoms with Crippen LogP contribution in [0.15, 0.2) is 18.2 Å². The van der Waals surface area contributed by atoms with Crippen LogP contribution in [0.1, 0.15) is 31.4 Å². The molecule has 0 saturated carbocycles. The van der Waals surface area contributed by atoms with Gasteiger partial charge >= 0.3 is 0 Å². The van der Waals surface area contributed by atoms with E-state index in [0.717, 1.165) is 6.42 Å². The number of rotatable bonds is 6. The Hall–Kier alpha value is -1.00. The van der Waals surface area contributed by atoms with E-state index in [0.29, 0.717) is 19.6 Å². The zero-order valence-electron chi connectivity index (χ0n) is 9.38. The smallest absolute Gasteiger partial charge is 0.130 e. The van der Waals surface area contributed by atoms with Crippen molar-refractivity contribution >= 4 is 0 Å². The van der Waals surface area contributed by atoms with E-state index in [1.54, 1.807) is 0 Å². The maximum absolute atomic E-state index is 13.3. The van der Waals surface area contributed by atoms with Crippen LogP contribution in [0.3, 0.4) is 0 Å². The van der Waals surface area contributed by atoms with Gasteiger partial charge in [-0.3, -0.25) is 0 Å². The predicted molar refractivity (Wildman–Crippen MR) is 59.0 cm³/mol. The van der Waals surface area contributed by atoms with E-state index in [2.05, 4.69) is 0 Å². The second kappa shape index (κ2) is 6.55. The molecule has 0 aliphatic carbocycles. The minimum atomic E-state index is -0.655. The maximum Gasteiger partial charge on any atom is 0.130 e. The van der Waals surface area contributed by atoms with Crippen molar-refractivity contribution in [3.8, 4) is 0 Å². The zero-order chi connectivity index (χ0) is 12.0. The lowest BCUT2D eigenvalue weighted by molar-refractivity contribution is 0.127. The van der Waals surface area contributed by atoms with Crippen molar-refractivity contribution in [2.75, 3.05) is 13.2 Å². The van der Waals surface area contributed by atoms with Crippen LogP contribution in [-0.2, 0) is 4.74 Å². The van der Waals surface area contributed by atoms with E-state index in [4.69, 9.17) is 10.5 Å². The van der Waals surface area contributed by atoms with Crippen molar-refractivity contribution in [2.45, 2.75) is 25.8 Å². The zero-order valence-corrected chi connectivity index (χ0v) is 9.38. The molecule has 2 N–H and O–H groups in total. The third kappa shape index (κ3) is 3.54. The van der Waals surface area contributed by atoms with Gasteiger partial charge in [-0.05, 0) is 25.0 Å². The molecule has 90 valence electrons. The average Bonchev–Trinajstić information content (AvgIpc) is 2.24. The molecular formula is C12H17F2NO. The quantitative estimate of drug-likeness (QED) is 0.761. The van der Waals surface area contributed by atoms with Gasteiger partial charge in [0.1, 0.15) is 11.6 Å². The Balaban J connectivity index is 2.55. The number of nitrogens with two attached hydrogens (primary N) is 1. The van der Waals surface area contributed by atoms with Crippen LogP contribution in [0.2, 0.25) is 0 Å². The molecule has 1 atom stereocenters. The third-order valence-electron chi connectivity index (χ3n) is 2.29. The summed E-state index contributed by atoms with van der Waals surface area (Å²) in [7, 11) is 0. The Labute approximate surface area is 94.4 Å². The second-order valence-electron chi connectivity index (χ2n) is 3.64. The molecule has 0 bridgehead atoms. The molecule has 0 aliphatic heterocycles. The van der Waals surface area contributed by atoms with Gasteiger partial charge in [-0.2, -0.15) is 0 Å². The molecule has 1 rings (SSSR count). The number of hydrogen-bond donors (Lipinski definition) is 1. The molecule has 0 aromatic heterocycles. The standard InChI is InChI=1S/C12H17F2NO/c1-2-7-16-8-6-11(15)12-9(13)4-3-5-10(12)14/h3-5,11H,2,6-8,15H2,1H3. The molecule has 2 nitrogen and oxygen atoms in total. The molecule has 0 fully saturated rings. The SMILES string of the molecule is CCCOCCC(N)c1c(F)cccc1F. The molecule has 0 spiro atoms. The van der Waals surface area contributed by atoms with Crippen LogP contribution in [0.25, 0.3) is 0 Å². The molecule has 16 heavy (non-hydrogen) atoms. The van der Waals surface area contributed by atoms with Crippen LogP contribution < -0.4 is 5.73 Å². The van der Waals surface area contributed by atoms with Crippen molar-refractivity contribution in [3.05, 3.63) is 35.4 Å². The third-order valence-corrected chi connectivity index (χ3v) is 2.29. The van der Waals surface area contributed by atoms with Gasteiger partial charge < -0.3 is 10.5 Å². The van der Waals surface area contributed by atoms with Crippen LogP contribution in [0, 0.1) is 11.6 Å². The lowest BCUT2D eigenvalue weighted by Crippen LogP contribution is -2.16. The van der Waals surface area contributed by atoms with E-state index in [1.807, 2.05) is 6.92 Å². The minimum absolute atomic E-state index is 0.0531.